The number of aromatic nitrogens is 1. The predicted molar refractivity (Wildman–Crippen MR) is 81.7 cm³/mol. The second-order valence-corrected chi connectivity index (χ2v) is 8.96. The standard InChI is InChI=1S/C13H21N3O2S2/c1-8-3-2-4-9(8)7-15-13-11(12(14)16-19-13)20(17,18)10-5-6-10/h8-10,15H,2-7H2,1H3,(H2,14,16). The van der Waals surface area contributed by atoms with Crippen LogP contribution in [0.25, 0.3) is 0 Å². The fourth-order valence-electron chi connectivity index (χ4n) is 2.98. The highest BCUT2D eigenvalue weighted by atomic mass is 32.2. The van der Waals surface area contributed by atoms with E-state index in [0.29, 0.717) is 16.8 Å². The van der Waals surface area contributed by atoms with Crippen LogP contribution < -0.4 is 11.1 Å². The van der Waals surface area contributed by atoms with E-state index in [2.05, 4.69) is 16.6 Å². The molecule has 2 saturated carbocycles. The smallest absolute Gasteiger partial charge is 0.187 e. The lowest BCUT2D eigenvalue weighted by atomic mass is 9.98. The Kier molecular flexibility index (Phi) is 3.66. The average molecular weight is 315 g/mol. The van der Waals surface area contributed by atoms with Gasteiger partial charge in [0.2, 0.25) is 0 Å². The maximum Gasteiger partial charge on any atom is 0.187 e. The first kappa shape index (κ1) is 14.1. The molecule has 0 bridgehead atoms. The molecule has 5 nitrogen and oxygen atoms in total. The van der Waals surface area contributed by atoms with Gasteiger partial charge in [0.1, 0.15) is 9.90 Å². The van der Waals surface area contributed by atoms with Crippen LogP contribution in [0.5, 0.6) is 0 Å². The zero-order chi connectivity index (χ0) is 14.3. The Bertz CT molecular complexity index is 593. The van der Waals surface area contributed by atoms with E-state index < -0.39 is 9.84 Å². The Hall–Kier alpha value is -0.820. The number of sulfone groups is 1. The molecular weight excluding hydrogens is 294 g/mol. The van der Waals surface area contributed by atoms with Crippen molar-refractivity contribution >= 4 is 32.2 Å². The van der Waals surface area contributed by atoms with Crippen molar-refractivity contribution in [3.8, 4) is 0 Å². The Balaban J connectivity index is 1.77. The Labute approximate surface area is 124 Å². The third kappa shape index (κ3) is 2.53. The third-order valence-electron chi connectivity index (χ3n) is 4.49. The number of nitrogen functional groups attached to an aromatic ring is 1. The van der Waals surface area contributed by atoms with Crippen LogP contribution in [0.3, 0.4) is 0 Å². The van der Waals surface area contributed by atoms with Crippen LogP contribution in [0.2, 0.25) is 0 Å². The Morgan fingerprint density at radius 2 is 2.10 bits per heavy atom. The summed E-state index contributed by atoms with van der Waals surface area (Å²) in [6, 6.07) is 0. The minimum absolute atomic E-state index is 0.156. The summed E-state index contributed by atoms with van der Waals surface area (Å²) in [5.41, 5.74) is 5.78. The highest BCUT2D eigenvalue weighted by Gasteiger charge is 2.40. The number of nitrogens with one attached hydrogen (secondary N) is 1. The number of nitrogens with two attached hydrogens (primary N) is 1. The van der Waals surface area contributed by atoms with Gasteiger partial charge in [0.15, 0.2) is 15.7 Å². The minimum atomic E-state index is -3.28. The molecule has 2 aliphatic carbocycles. The molecule has 3 rings (SSSR count). The van der Waals surface area contributed by atoms with Crippen molar-refractivity contribution in [2.24, 2.45) is 11.8 Å². The topological polar surface area (TPSA) is 85.1 Å². The van der Waals surface area contributed by atoms with E-state index in [1.807, 2.05) is 0 Å². The molecule has 0 spiro atoms. The van der Waals surface area contributed by atoms with Crippen molar-refractivity contribution in [1.82, 2.24) is 4.37 Å². The van der Waals surface area contributed by atoms with Gasteiger partial charge in [0.05, 0.1) is 5.25 Å². The summed E-state index contributed by atoms with van der Waals surface area (Å²) in [4.78, 5) is 0.246. The summed E-state index contributed by atoms with van der Waals surface area (Å²) in [5.74, 6) is 1.48. The molecule has 2 unspecified atom stereocenters. The molecule has 1 heterocycles. The molecule has 0 aliphatic heterocycles. The lowest BCUT2D eigenvalue weighted by molar-refractivity contribution is 0.440. The van der Waals surface area contributed by atoms with E-state index in [4.69, 9.17) is 5.73 Å². The maximum absolute atomic E-state index is 12.4. The third-order valence-corrected chi connectivity index (χ3v) is 7.77. The van der Waals surface area contributed by atoms with Crippen LogP contribution in [0.4, 0.5) is 10.8 Å². The van der Waals surface area contributed by atoms with Crippen LogP contribution >= 0.6 is 11.5 Å². The Morgan fingerprint density at radius 1 is 1.35 bits per heavy atom. The van der Waals surface area contributed by atoms with Crippen LogP contribution in [-0.4, -0.2) is 24.6 Å². The van der Waals surface area contributed by atoms with Gasteiger partial charge in [0.25, 0.3) is 0 Å². The number of nitrogens with zero attached hydrogens (tertiary/aromatic N) is 1. The van der Waals surface area contributed by atoms with Crippen molar-refractivity contribution in [3.05, 3.63) is 0 Å². The Morgan fingerprint density at radius 3 is 2.70 bits per heavy atom. The molecule has 20 heavy (non-hydrogen) atoms. The van der Waals surface area contributed by atoms with Crippen molar-refractivity contribution in [2.75, 3.05) is 17.6 Å². The second kappa shape index (κ2) is 5.18. The summed E-state index contributed by atoms with van der Waals surface area (Å²) in [5, 5.41) is 3.68. The molecule has 0 saturated heterocycles. The van der Waals surface area contributed by atoms with E-state index in [-0.39, 0.29) is 16.0 Å². The van der Waals surface area contributed by atoms with E-state index in [0.717, 1.165) is 19.4 Å². The zero-order valence-corrected chi connectivity index (χ0v) is 13.3. The van der Waals surface area contributed by atoms with E-state index in [1.165, 1.54) is 30.8 Å². The molecule has 1 aromatic rings. The summed E-state index contributed by atoms with van der Waals surface area (Å²) in [6.07, 6.45) is 5.25. The van der Waals surface area contributed by atoms with Gasteiger partial charge in [0, 0.05) is 6.54 Å². The average Bonchev–Trinajstić information content (AvgIpc) is 3.09. The van der Waals surface area contributed by atoms with Gasteiger partial charge in [-0.2, -0.15) is 4.37 Å². The summed E-state index contributed by atoms with van der Waals surface area (Å²) in [7, 11) is -3.28. The van der Waals surface area contributed by atoms with E-state index in [1.54, 1.807) is 0 Å². The van der Waals surface area contributed by atoms with Crippen molar-refractivity contribution in [1.29, 1.82) is 0 Å². The molecular formula is C13H21N3O2S2. The molecule has 2 aliphatic rings. The first-order chi connectivity index (χ1) is 9.50. The van der Waals surface area contributed by atoms with Crippen LogP contribution in [0.1, 0.15) is 39.0 Å². The molecule has 2 atom stereocenters. The van der Waals surface area contributed by atoms with Gasteiger partial charge >= 0.3 is 0 Å². The lowest BCUT2D eigenvalue weighted by Gasteiger charge is -2.16. The summed E-state index contributed by atoms with van der Waals surface area (Å²) < 4.78 is 28.8. The van der Waals surface area contributed by atoms with Crippen molar-refractivity contribution in [2.45, 2.75) is 49.2 Å². The molecule has 112 valence electrons. The van der Waals surface area contributed by atoms with E-state index >= 15 is 0 Å². The molecule has 3 N–H and O–H groups in total. The number of hydrogen-bond acceptors (Lipinski definition) is 6. The molecule has 7 heteroatoms. The molecule has 0 aromatic carbocycles. The highest BCUT2D eigenvalue weighted by molar-refractivity contribution is 7.92. The second-order valence-electron chi connectivity index (χ2n) is 6.02. The fourth-order valence-corrected chi connectivity index (χ4v) is 5.87. The SMILES string of the molecule is CC1CCCC1CNc1snc(N)c1S(=O)(=O)C1CC1. The van der Waals surface area contributed by atoms with Crippen LogP contribution in [-0.2, 0) is 9.84 Å². The van der Waals surface area contributed by atoms with E-state index in [9.17, 15) is 8.42 Å². The van der Waals surface area contributed by atoms with Crippen LogP contribution in [0, 0.1) is 11.8 Å². The van der Waals surface area contributed by atoms with Gasteiger partial charge in [-0.1, -0.05) is 19.8 Å². The van der Waals surface area contributed by atoms with Gasteiger partial charge < -0.3 is 11.1 Å². The maximum atomic E-state index is 12.4. The fraction of sp³-hybridized carbons (Fsp3) is 0.769. The monoisotopic (exact) mass is 315 g/mol. The van der Waals surface area contributed by atoms with Gasteiger partial charge in [-0.05, 0) is 42.6 Å². The number of anilines is 2. The van der Waals surface area contributed by atoms with Gasteiger partial charge in [-0.25, -0.2) is 8.42 Å². The molecule has 1 aromatic heterocycles. The first-order valence-electron chi connectivity index (χ1n) is 7.23. The molecule has 0 amide bonds. The van der Waals surface area contributed by atoms with Gasteiger partial charge in [-0.15, -0.1) is 0 Å². The van der Waals surface area contributed by atoms with Crippen molar-refractivity contribution < 1.29 is 8.42 Å². The molecule has 2 fully saturated rings. The largest absolute Gasteiger partial charge is 0.382 e. The summed E-state index contributed by atoms with van der Waals surface area (Å²) in [6.45, 7) is 3.08. The lowest BCUT2D eigenvalue weighted by Crippen LogP contribution is -2.18. The van der Waals surface area contributed by atoms with Gasteiger partial charge in [-0.3, -0.25) is 0 Å². The summed E-state index contributed by atoms with van der Waals surface area (Å²) >= 11 is 1.17. The quantitative estimate of drug-likeness (QED) is 0.872. The number of hydrogen-bond donors (Lipinski definition) is 2. The first-order valence-corrected chi connectivity index (χ1v) is 9.55. The predicted octanol–water partition coefficient (Wildman–Crippen LogP) is 2.51. The minimum Gasteiger partial charge on any atom is -0.382 e. The number of rotatable bonds is 5. The zero-order valence-electron chi connectivity index (χ0n) is 11.6. The van der Waals surface area contributed by atoms with Crippen LogP contribution in [0.15, 0.2) is 4.90 Å². The normalized spacial score (nSPS) is 26.9. The van der Waals surface area contributed by atoms with Crippen molar-refractivity contribution in [3.63, 3.8) is 0 Å². The molecule has 0 radical (unpaired) electrons. The highest BCUT2D eigenvalue weighted by Crippen LogP contribution is 2.41.